The summed E-state index contributed by atoms with van der Waals surface area (Å²) in [6.07, 6.45) is 3.12. The van der Waals surface area contributed by atoms with E-state index in [0.717, 1.165) is 16.8 Å². The van der Waals surface area contributed by atoms with Crippen molar-refractivity contribution in [3.05, 3.63) is 46.9 Å². The SMILES string of the molecule is COc1cc(/C=C/C(=O)N(CCN(C)C)CC(=O)OC(C)(C)C)ccc1OCc1c(C)noc1C. The zero-order valence-electron chi connectivity index (χ0n) is 22.0. The van der Waals surface area contributed by atoms with Gasteiger partial charge >= 0.3 is 5.97 Å². The molecule has 0 atom stereocenters. The number of esters is 1. The summed E-state index contributed by atoms with van der Waals surface area (Å²) in [5.74, 6) is 1.08. The molecule has 1 aromatic carbocycles. The molecule has 0 spiro atoms. The quantitative estimate of drug-likeness (QED) is 0.350. The molecule has 0 aliphatic rings. The Kier molecular flexibility index (Phi) is 9.89. The minimum absolute atomic E-state index is 0.119. The van der Waals surface area contributed by atoms with Crippen molar-refractivity contribution in [3.8, 4) is 11.5 Å². The van der Waals surface area contributed by atoms with Crippen LogP contribution in [0.1, 0.15) is 43.4 Å². The Balaban J connectivity index is 2.10. The molecule has 0 bridgehead atoms. The molecule has 9 nitrogen and oxygen atoms in total. The van der Waals surface area contributed by atoms with Crippen molar-refractivity contribution in [1.82, 2.24) is 15.0 Å². The molecule has 0 N–H and O–H groups in total. The average Bonchev–Trinajstić information content (AvgIpc) is 3.09. The summed E-state index contributed by atoms with van der Waals surface area (Å²) in [5, 5.41) is 3.94. The van der Waals surface area contributed by atoms with Crippen LogP contribution in [0.4, 0.5) is 0 Å². The minimum atomic E-state index is -0.616. The highest BCUT2D eigenvalue weighted by molar-refractivity contribution is 5.93. The van der Waals surface area contributed by atoms with Crippen molar-refractivity contribution in [3.63, 3.8) is 0 Å². The lowest BCUT2D eigenvalue weighted by atomic mass is 10.1. The first kappa shape index (κ1) is 27.9. The third-order valence-corrected chi connectivity index (χ3v) is 5.03. The largest absolute Gasteiger partial charge is 0.493 e. The van der Waals surface area contributed by atoms with E-state index in [2.05, 4.69) is 5.16 Å². The van der Waals surface area contributed by atoms with Crippen LogP contribution in [0.3, 0.4) is 0 Å². The molecule has 1 amide bonds. The van der Waals surface area contributed by atoms with Crippen molar-refractivity contribution >= 4 is 18.0 Å². The van der Waals surface area contributed by atoms with E-state index < -0.39 is 11.6 Å². The van der Waals surface area contributed by atoms with E-state index in [1.54, 1.807) is 46.1 Å². The molecule has 0 unspecified atom stereocenters. The van der Waals surface area contributed by atoms with Crippen molar-refractivity contribution in [2.45, 2.75) is 46.8 Å². The van der Waals surface area contributed by atoms with E-state index in [9.17, 15) is 9.59 Å². The molecular formula is C26H37N3O6. The summed E-state index contributed by atoms with van der Waals surface area (Å²) in [4.78, 5) is 28.6. The molecule has 0 aliphatic heterocycles. The van der Waals surface area contributed by atoms with Crippen LogP contribution in [0.2, 0.25) is 0 Å². The van der Waals surface area contributed by atoms with Crippen LogP contribution >= 0.6 is 0 Å². The first-order valence-corrected chi connectivity index (χ1v) is 11.5. The predicted molar refractivity (Wildman–Crippen MR) is 133 cm³/mol. The molecule has 0 saturated heterocycles. The van der Waals surface area contributed by atoms with Gasteiger partial charge in [0, 0.05) is 19.2 Å². The highest BCUT2D eigenvalue weighted by Gasteiger charge is 2.21. The number of hydrogen-bond acceptors (Lipinski definition) is 8. The van der Waals surface area contributed by atoms with Gasteiger partial charge in [0.15, 0.2) is 11.5 Å². The maximum atomic E-state index is 12.9. The van der Waals surface area contributed by atoms with Crippen LogP contribution in [0.5, 0.6) is 11.5 Å². The van der Waals surface area contributed by atoms with Gasteiger partial charge in [-0.05, 0) is 72.5 Å². The first-order chi connectivity index (χ1) is 16.4. The monoisotopic (exact) mass is 487 g/mol. The van der Waals surface area contributed by atoms with E-state index in [0.29, 0.717) is 37.0 Å². The molecule has 0 radical (unpaired) electrons. The Morgan fingerprint density at radius 1 is 1.11 bits per heavy atom. The fraction of sp³-hybridized carbons (Fsp3) is 0.500. The number of amides is 1. The van der Waals surface area contributed by atoms with Crippen LogP contribution in [-0.2, 0) is 20.9 Å². The second-order valence-electron chi connectivity index (χ2n) is 9.48. The Morgan fingerprint density at radius 2 is 1.83 bits per heavy atom. The fourth-order valence-electron chi connectivity index (χ4n) is 3.16. The summed E-state index contributed by atoms with van der Waals surface area (Å²) in [6.45, 7) is 10.3. The second kappa shape index (κ2) is 12.4. The number of rotatable bonds is 11. The predicted octanol–water partition coefficient (Wildman–Crippen LogP) is 3.62. The van der Waals surface area contributed by atoms with E-state index in [4.69, 9.17) is 18.7 Å². The zero-order valence-corrected chi connectivity index (χ0v) is 22.0. The van der Waals surface area contributed by atoms with Gasteiger partial charge in [0.05, 0.1) is 18.4 Å². The lowest BCUT2D eigenvalue weighted by Gasteiger charge is -2.25. The number of hydrogen-bond donors (Lipinski definition) is 0. The van der Waals surface area contributed by atoms with E-state index >= 15 is 0 Å². The maximum Gasteiger partial charge on any atom is 0.326 e. The Labute approximate surface area is 207 Å². The summed E-state index contributed by atoms with van der Waals surface area (Å²) in [7, 11) is 5.38. The van der Waals surface area contributed by atoms with Gasteiger partial charge in [-0.1, -0.05) is 11.2 Å². The molecule has 0 saturated carbocycles. The number of carbonyl (C=O) groups excluding carboxylic acids is 2. The third-order valence-electron chi connectivity index (χ3n) is 5.03. The van der Waals surface area contributed by atoms with E-state index in [1.807, 2.05) is 38.9 Å². The smallest absolute Gasteiger partial charge is 0.326 e. The van der Waals surface area contributed by atoms with Crippen molar-refractivity contribution in [1.29, 1.82) is 0 Å². The molecular weight excluding hydrogens is 450 g/mol. The van der Waals surface area contributed by atoms with Crippen molar-refractivity contribution in [2.24, 2.45) is 0 Å². The number of methoxy groups -OCH3 is 1. The first-order valence-electron chi connectivity index (χ1n) is 11.5. The molecule has 1 aromatic heterocycles. The Hall–Kier alpha value is -3.33. The number of carbonyl (C=O) groups is 2. The molecule has 2 aromatic rings. The van der Waals surface area contributed by atoms with Crippen LogP contribution in [-0.4, -0.2) is 73.3 Å². The van der Waals surface area contributed by atoms with Crippen molar-refractivity contribution in [2.75, 3.05) is 40.8 Å². The van der Waals surface area contributed by atoms with Gasteiger partial charge in [-0.3, -0.25) is 9.59 Å². The lowest BCUT2D eigenvalue weighted by molar-refractivity contribution is -0.158. The molecule has 0 aliphatic carbocycles. The molecule has 35 heavy (non-hydrogen) atoms. The number of benzene rings is 1. The third kappa shape index (κ3) is 9.09. The van der Waals surface area contributed by atoms with Gasteiger partial charge < -0.3 is 28.5 Å². The standard InChI is InChI=1S/C26H37N3O6/c1-18-21(19(2)35-27-18)17-33-22-11-9-20(15-23(22)32-8)10-12-24(30)29(14-13-28(6)7)16-25(31)34-26(3,4)5/h9-12,15H,13-14,16-17H2,1-8H3/b12-10+. The Morgan fingerprint density at radius 3 is 2.40 bits per heavy atom. The molecule has 1 heterocycles. The lowest BCUT2D eigenvalue weighted by Crippen LogP contribution is -2.41. The number of nitrogens with zero attached hydrogens (tertiary/aromatic N) is 3. The van der Waals surface area contributed by atoms with Crippen LogP contribution in [0.25, 0.3) is 6.08 Å². The van der Waals surface area contributed by atoms with E-state index in [1.165, 1.54) is 11.0 Å². The van der Waals surface area contributed by atoms with Gasteiger partial charge in [0.25, 0.3) is 0 Å². The topological polar surface area (TPSA) is 94.3 Å². The number of likely N-dealkylation sites (N-methyl/N-ethyl adjacent to an activating group) is 1. The summed E-state index contributed by atoms with van der Waals surface area (Å²) in [6, 6.07) is 5.39. The summed E-state index contributed by atoms with van der Waals surface area (Å²) >= 11 is 0. The van der Waals surface area contributed by atoms with Crippen molar-refractivity contribution < 1.29 is 28.3 Å². The number of aromatic nitrogens is 1. The van der Waals surface area contributed by atoms with Gasteiger partial charge in [-0.25, -0.2) is 0 Å². The molecule has 0 fully saturated rings. The number of aryl methyl sites for hydroxylation is 2. The molecule has 9 heteroatoms. The zero-order chi connectivity index (χ0) is 26.2. The fourth-order valence-corrected chi connectivity index (χ4v) is 3.16. The van der Waals surface area contributed by atoms with Gasteiger partial charge in [0.1, 0.15) is 24.5 Å². The highest BCUT2D eigenvalue weighted by atomic mass is 16.6. The van der Waals surface area contributed by atoms with Gasteiger partial charge in [-0.15, -0.1) is 0 Å². The van der Waals surface area contributed by atoms with Gasteiger partial charge in [0.2, 0.25) is 5.91 Å². The minimum Gasteiger partial charge on any atom is -0.493 e. The summed E-state index contributed by atoms with van der Waals surface area (Å²) < 4.78 is 21.9. The summed E-state index contributed by atoms with van der Waals surface area (Å²) in [5.41, 5.74) is 1.81. The Bertz CT molecular complexity index is 1020. The van der Waals surface area contributed by atoms with E-state index in [-0.39, 0.29) is 12.5 Å². The second-order valence-corrected chi connectivity index (χ2v) is 9.48. The normalized spacial score (nSPS) is 11.7. The van der Waals surface area contributed by atoms with Crippen LogP contribution < -0.4 is 9.47 Å². The highest BCUT2D eigenvalue weighted by Crippen LogP contribution is 2.30. The van der Waals surface area contributed by atoms with Gasteiger partial charge in [-0.2, -0.15) is 0 Å². The van der Waals surface area contributed by atoms with Crippen LogP contribution in [0, 0.1) is 13.8 Å². The molecule has 192 valence electrons. The van der Waals surface area contributed by atoms with Crippen LogP contribution in [0.15, 0.2) is 28.8 Å². The average molecular weight is 488 g/mol. The number of ether oxygens (including phenoxy) is 3. The molecule has 2 rings (SSSR count). The maximum absolute atomic E-state index is 12.9.